The van der Waals surface area contributed by atoms with E-state index in [-0.39, 0.29) is 0 Å². The molecule has 0 unspecified atom stereocenters. The molecule has 70 valence electrons. The fraction of sp³-hybridized carbons (Fsp3) is 0. The number of imidazole rings is 1. The van der Waals surface area contributed by atoms with Gasteiger partial charge in [-0.1, -0.05) is 12.6 Å². The van der Waals surface area contributed by atoms with Crippen LogP contribution in [0.5, 0.6) is 0 Å². The van der Waals surface area contributed by atoms with E-state index in [2.05, 4.69) is 16.5 Å². The lowest BCUT2D eigenvalue weighted by Gasteiger charge is -2.00. The molecule has 14 heavy (non-hydrogen) atoms. The maximum absolute atomic E-state index is 10.9. The molecule has 0 fully saturated rings. The number of fused-ring (bicyclic) bond motifs is 1. The Bertz CT molecular complexity index is 513. The number of aromatic amines is 1. The second kappa shape index (κ2) is 2.99. The minimum Gasteiger partial charge on any atom is -0.366 e. The number of nitrogens with two attached hydrogens (primary N) is 1. The topological polar surface area (TPSA) is 71.8 Å². The summed E-state index contributed by atoms with van der Waals surface area (Å²) in [6.07, 6.45) is 1.60. The maximum Gasteiger partial charge on any atom is 0.248 e. The highest BCUT2D eigenvalue weighted by Crippen LogP contribution is 2.17. The molecule has 0 saturated heterocycles. The summed E-state index contributed by atoms with van der Waals surface area (Å²) < 4.78 is 0. The fourth-order valence-electron chi connectivity index (χ4n) is 1.26. The summed E-state index contributed by atoms with van der Waals surface area (Å²) in [7, 11) is 0. The second-order valence-corrected chi connectivity index (χ2v) is 2.98. The van der Waals surface area contributed by atoms with Crippen molar-refractivity contribution in [2.75, 3.05) is 0 Å². The van der Waals surface area contributed by atoms with E-state index in [1.807, 2.05) is 6.07 Å². The summed E-state index contributed by atoms with van der Waals surface area (Å²) in [5.74, 6) is -0.514. The number of H-pyrrole nitrogens is 1. The number of nitrogens with one attached hydrogen (secondary N) is 1. The van der Waals surface area contributed by atoms with Crippen molar-refractivity contribution in [1.29, 1.82) is 0 Å². The van der Waals surface area contributed by atoms with E-state index in [1.165, 1.54) is 0 Å². The van der Waals surface area contributed by atoms with E-state index in [0.29, 0.717) is 11.1 Å². The van der Waals surface area contributed by atoms with Crippen molar-refractivity contribution >= 4 is 22.5 Å². The Balaban J connectivity index is 2.54. The van der Waals surface area contributed by atoms with Crippen LogP contribution >= 0.6 is 0 Å². The molecular formula is C10H9N3O. The van der Waals surface area contributed by atoms with Gasteiger partial charge in [-0.15, -0.1) is 0 Å². The SMILES string of the molecule is C=C(C(N)=O)c1ccc2[nH]cnc2c1. The third kappa shape index (κ3) is 1.26. The largest absolute Gasteiger partial charge is 0.366 e. The normalized spacial score (nSPS) is 10.3. The number of aromatic nitrogens is 2. The van der Waals surface area contributed by atoms with Crippen LogP contribution in [0.4, 0.5) is 0 Å². The first-order valence-electron chi connectivity index (χ1n) is 4.10. The smallest absolute Gasteiger partial charge is 0.248 e. The molecule has 1 amide bonds. The average Bonchev–Trinajstić information content (AvgIpc) is 2.62. The van der Waals surface area contributed by atoms with Crippen LogP contribution in [0.1, 0.15) is 5.56 Å². The molecule has 4 nitrogen and oxygen atoms in total. The molecule has 1 aromatic heterocycles. The van der Waals surface area contributed by atoms with Crippen molar-refractivity contribution in [3.8, 4) is 0 Å². The van der Waals surface area contributed by atoms with Gasteiger partial charge in [-0.2, -0.15) is 0 Å². The van der Waals surface area contributed by atoms with Crippen molar-refractivity contribution in [2.24, 2.45) is 5.73 Å². The van der Waals surface area contributed by atoms with Crippen LogP contribution in [0.25, 0.3) is 16.6 Å². The highest BCUT2D eigenvalue weighted by atomic mass is 16.1. The minimum atomic E-state index is -0.514. The lowest BCUT2D eigenvalue weighted by Crippen LogP contribution is -2.11. The molecule has 2 rings (SSSR count). The summed E-state index contributed by atoms with van der Waals surface area (Å²) in [6, 6.07) is 5.40. The standard InChI is InChI=1S/C10H9N3O/c1-6(10(11)14)7-2-3-8-9(4-7)13-5-12-8/h2-5H,1H2,(H2,11,14)(H,12,13). The number of hydrogen-bond donors (Lipinski definition) is 2. The third-order valence-electron chi connectivity index (χ3n) is 2.07. The molecule has 1 aromatic carbocycles. The molecule has 1 heterocycles. The zero-order valence-electron chi connectivity index (χ0n) is 7.45. The molecule has 2 aromatic rings. The second-order valence-electron chi connectivity index (χ2n) is 2.98. The van der Waals surface area contributed by atoms with E-state index in [1.54, 1.807) is 18.5 Å². The van der Waals surface area contributed by atoms with E-state index in [9.17, 15) is 4.79 Å². The van der Waals surface area contributed by atoms with Crippen LogP contribution in [0.2, 0.25) is 0 Å². The summed E-state index contributed by atoms with van der Waals surface area (Å²) in [4.78, 5) is 17.9. The number of rotatable bonds is 2. The van der Waals surface area contributed by atoms with Gasteiger partial charge < -0.3 is 10.7 Å². The first-order valence-corrected chi connectivity index (χ1v) is 4.10. The molecule has 3 N–H and O–H groups in total. The Hall–Kier alpha value is -2.10. The minimum absolute atomic E-state index is 0.301. The summed E-state index contributed by atoms with van der Waals surface area (Å²) >= 11 is 0. The summed E-state index contributed by atoms with van der Waals surface area (Å²) in [5.41, 5.74) is 7.85. The first kappa shape index (κ1) is 8.50. The van der Waals surface area contributed by atoms with Crippen molar-refractivity contribution in [1.82, 2.24) is 9.97 Å². The quantitative estimate of drug-likeness (QED) is 0.690. The Morgan fingerprint density at radius 1 is 1.50 bits per heavy atom. The number of hydrogen-bond acceptors (Lipinski definition) is 2. The Morgan fingerprint density at radius 2 is 2.29 bits per heavy atom. The van der Waals surface area contributed by atoms with E-state index in [4.69, 9.17) is 5.73 Å². The lowest BCUT2D eigenvalue weighted by molar-refractivity contribution is -0.112. The van der Waals surface area contributed by atoms with Gasteiger partial charge in [0.15, 0.2) is 0 Å². The third-order valence-corrected chi connectivity index (χ3v) is 2.07. The van der Waals surface area contributed by atoms with Gasteiger partial charge in [0.2, 0.25) is 5.91 Å². The summed E-state index contributed by atoms with van der Waals surface area (Å²) in [5, 5.41) is 0. The Labute approximate surface area is 80.4 Å². The van der Waals surface area contributed by atoms with Crippen LogP contribution in [-0.4, -0.2) is 15.9 Å². The predicted molar refractivity (Wildman–Crippen MR) is 54.3 cm³/mol. The molecule has 0 aliphatic carbocycles. The van der Waals surface area contributed by atoms with Gasteiger partial charge in [-0.25, -0.2) is 4.98 Å². The van der Waals surface area contributed by atoms with Crippen LogP contribution in [0.15, 0.2) is 31.1 Å². The van der Waals surface area contributed by atoms with Gasteiger partial charge in [-0.3, -0.25) is 4.79 Å². The van der Waals surface area contributed by atoms with Crippen LogP contribution in [0, 0.1) is 0 Å². The van der Waals surface area contributed by atoms with Crippen molar-refractivity contribution < 1.29 is 4.79 Å². The van der Waals surface area contributed by atoms with Crippen molar-refractivity contribution in [3.05, 3.63) is 36.7 Å². The van der Waals surface area contributed by atoms with Crippen molar-refractivity contribution in [3.63, 3.8) is 0 Å². The molecular weight excluding hydrogens is 178 g/mol. The van der Waals surface area contributed by atoms with Gasteiger partial charge in [0.05, 0.1) is 17.4 Å². The van der Waals surface area contributed by atoms with Crippen LogP contribution < -0.4 is 5.73 Å². The zero-order chi connectivity index (χ0) is 10.1. The highest BCUT2D eigenvalue weighted by molar-refractivity contribution is 6.18. The highest BCUT2D eigenvalue weighted by Gasteiger charge is 2.06. The van der Waals surface area contributed by atoms with E-state index in [0.717, 1.165) is 11.0 Å². The van der Waals surface area contributed by atoms with Crippen molar-refractivity contribution in [2.45, 2.75) is 0 Å². The molecule has 0 radical (unpaired) electrons. The summed E-state index contributed by atoms with van der Waals surface area (Å²) in [6.45, 7) is 3.60. The number of nitrogens with zero attached hydrogens (tertiary/aromatic N) is 1. The monoisotopic (exact) mass is 187 g/mol. The zero-order valence-corrected chi connectivity index (χ0v) is 7.45. The fourth-order valence-corrected chi connectivity index (χ4v) is 1.26. The molecule has 0 aliphatic rings. The molecule has 0 atom stereocenters. The number of benzene rings is 1. The van der Waals surface area contributed by atoms with Gasteiger partial charge in [0.25, 0.3) is 0 Å². The molecule has 4 heteroatoms. The number of carbonyl (C=O) groups excluding carboxylic acids is 1. The average molecular weight is 187 g/mol. The number of amides is 1. The first-order chi connectivity index (χ1) is 6.68. The van der Waals surface area contributed by atoms with E-state index < -0.39 is 5.91 Å². The van der Waals surface area contributed by atoms with Gasteiger partial charge in [-0.05, 0) is 17.7 Å². The van der Waals surface area contributed by atoms with Gasteiger partial charge in [0, 0.05) is 5.57 Å². The van der Waals surface area contributed by atoms with Crippen LogP contribution in [0.3, 0.4) is 0 Å². The molecule has 0 spiro atoms. The number of primary amides is 1. The van der Waals surface area contributed by atoms with E-state index >= 15 is 0 Å². The number of carbonyl (C=O) groups is 1. The Kier molecular flexibility index (Phi) is 1.81. The predicted octanol–water partition coefficient (Wildman–Crippen LogP) is 1.06. The molecule has 0 bridgehead atoms. The lowest BCUT2D eigenvalue weighted by atomic mass is 10.1. The molecule has 0 saturated carbocycles. The van der Waals surface area contributed by atoms with Gasteiger partial charge in [0.1, 0.15) is 0 Å². The maximum atomic E-state index is 10.9. The van der Waals surface area contributed by atoms with Gasteiger partial charge >= 0.3 is 0 Å². The van der Waals surface area contributed by atoms with Crippen LogP contribution in [-0.2, 0) is 4.79 Å². The Morgan fingerprint density at radius 3 is 3.00 bits per heavy atom. The molecule has 0 aliphatic heterocycles.